The molecule has 1 aromatic carbocycles. The molecule has 0 saturated carbocycles. The molecule has 0 aliphatic heterocycles. The van der Waals surface area contributed by atoms with Crippen LogP contribution in [0.1, 0.15) is 89.5 Å². The number of alkyl halides is 1. The van der Waals surface area contributed by atoms with Gasteiger partial charge in [0.1, 0.15) is 12.4 Å². The third-order valence-electron chi connectivity index (χ3n) is 4.88. The van der Waals surface area contributed by atoms with Gasteiger partial charge in [0.05, 0.1) is 12.5 Å². The van der Waals surface area contributed by atoms with Crippen LogP contribution in [-0.4, -0.2) is 25.1 Å². The van der Waals surface area contributed by atoms with E-state index in [1.54, 1.807) is 6.08 Å². The third kappa shape index (κ3) is 15.1. The quantitative estimate of drug-likeness (QED) is 0.106. The van der Waals surface area contributed by atoms with Gasteiger partial charge in [-0.2, -0.15) is 0 Å². The van der Waals surface area contributed by atoms with E-state index in [9.17, 15) is 4.79 Å². The van der Waals surface area contributed by atoms with Crippen LogP contribution < -0.4 is 4.74 Å². The Labute approximate surface area is 182 Å². The molecule has 0 saturated heterocycles. The molecule has 0 heterocycles. The Hall–Kier alpha value is -1.48. The maximum absolute atomic E-state index is 11.4. The molecule has 1 aromatic rings. The highest BCUT2D eigenvalue weighted by atomic mass is 35.5. The van der Waals surface area contributed by atoms with E-state index in [0.717, 1.165) is 24.3 Å². The Bertz CT molecular complexity index is 540. The minimum Gasteiger partial charge on any atom is -0.494 e. The molecule has 0 radical (unpaired) electrons. The topological polar surface area (TPSA) is 35.5 Å². The zero-order chi connectivity index (χ0) is 21.0. The smallest absolute Gasteiger partial charge is 0.330 e. The van der Waals surface area contributed by atoms with Crippen LogP contribution in [-0.2, 0) is 9.53 Å². The van der Waals surface area contributed by atoms with E-state index >= 15 is 0 Å². The number of halogens is 1. The average molecular weight is 423 g/mol. The van der Waals surface area contributed by atoms with Crippen molar-refractivity contribution in [3.8, 4) is 5.75 Å². The fourth-order valence-corrected chi connectivity index (χ4v) is 3.24. The van der Waals surface area contributed by atoms with Crippen LogP contribution >= 0.6 is 11.6 Å². The summed E-state index contributed by atoms with van der Waals surface area (Å²) in [4.78, 5) is 11.4. The Balaban J connectivity index is 1.99. The van der Waals surface area contributed by atoms with Gasteiger partial charge >= 0.3 is 5.97 Å². The van der Waals surface area contributed by atoms with E-state index in [4.69, 9.17) is 21.1 Å². The molecule has 0 fully saturated rings. The SMILES string of the molecule is CCCCCCCCCCCCCCOc1ccc(/C=C/C(=O)OCCCl)cc1. The maximum Gasteiger partial charge on any atom is 0.330 e. The molecule has 0 bridgehead atoms. The molecule has 0 aliphatic carbocycles. The minimum atomic E-state index is -0.377. The highest BCUT2D eigenvalue weighted by molar-refractivity contribution is 6.18. The highest BCUT2D eigenvalue weighted by Gasteiger charge is 1.98. The first-order valence-electron chi connectivity index (χ1n) is 11.4. The van der Waals surface area contributed by atoms with E-state index in [0.29, 0.717) is 5.88 Å². The zero-order valence-electron chi connectivity index (χ0n) is 18.2. The van der Waals surface area contributed by atoms with Gasteiger partial charge in [0.15, 0.2) is 0 Å². The van der Waals surface area contributed by atoms with Gasteiger partial charge in [-0.1, -0.05) is 89.7 Å². The molecule has 1 rings (SSSR count). The average Bonchev–Trinajstić information content (AvgIpc) is 2.75. The van der Waals surface area contributed by atoms with Crippen LogP contribution in [0.25, 0.3) is 6.08 Å². The number of carbonyl (C=O) groups is 1. The number of unbranched alkanes of at least 4 members (excludes halogenated alkanes) is 11. The Morgan fingerprint density at radius 2 is 1.38 bits per heavy atom. The summed E-state index contributed by atoms with van der Waals surface area (Å²) in [5.41, 5.74) is 0.936. The van der Waals surface area contributed by atoms with Crippen molar-refractivity contribution < 1.29 is 14.3 Å². The van der Waals surface area contributed by atoms with Crippen molar-refractivity contribution >= 4 is 23.6 Å². The Morgan fingerprint density at radius 1 is 0.828 bits per heavy atom. The number of carbonyl (C=O) groups excluding carboxylic acids is 1. The molecule has 3 nitrogen and oxygen atoms in total. The highest BCUT2D eigenvalue weighted by Crippen LogP contribution is 2.15. The van der Waals surface area contributed by atoms with Crippen LogP contribution in [0.4, 0.5) is 0 Å². The lowest BCUT2D eigenvalue weighted by atomic mass is 10.1. The van der Waals surface area contributed by atoms with Crippen LogP contribution in [0.15, 0.2) is 30.3 Å². The molecule has 0 unspecified atom stereocenters. The van der Waals surface area contributed by atoms with E-state index in [2.05, 4.69) is 6.92 Å². The summed E-state index contributed by atoms with van der Waals surface area (Å²) < 4.78 is 10.7. The number of benzene rings is 1. The molecular formula is C25H39ClO3. The second-order valence-electron chi connectivity index (χ2n) is 7.50. The lowest BCUT2D eigenvalue weighted by Crippen LogP contribution is -2.02. The fourth-order valence-electron chi connectivity index (χ4n) is 3.16. The first-order chi connectivity index (χ1) is 14.3. The summed E-state index contributed by atoms with van der Waals surface area (Å²) in [6, 6.07) is 7.74. The molecule has 0 spiro atoms. The summed E-state index contributed by atoms with van der Waals surface area (Å²) in [6.07, 6.45) is 19.3. The summed E-state index contributed by atoms with van der Waals surface area (Å²) in [6.45, 7) is 3.26. The standard InChI is InChI=1S/C25H39ClO3/c1-2-3-4-5-6-7-8-9-10-11-12-13-21-28-24-17-14-23(15-18-24)16-19-25(27)29-22-20-26/h14-19H,2-13,20-22H2,1H3/b19-16+. The van der Waals surface area contributed by atoms with E-state index in [1.807, 2.05) is 24.3 Å². The van der Waals surface area contributed by atoms with Gasteiger partial charge in [0.2, 0.25) is 0 Å². The lowest BCUT2D eigenvalue weighted by molar-refractivity contribution is -0.137. The lowest BCUT2D eigenvalue weighted by Gasteiger charge is -2.06. The molecule has 0 atom stereocenters. The predicted molar refractivity (Wildman–Crippen MR) is 124 cm³/mol. The first kappa shape index (κ1) is 25.6. The second kappa shape index (κ2) is 18.5. The largest absolute Gasteiger partial charge is 0.494 e. The van der Waals surface area contributed by atoms with Crippen molar-refractivity contribution in [1.82, 2.24) is 0 Å². The molecule has 4 heteroatoms. The van der Waals surface area contributed by atoms with Gasteiger partial charge < -0.3 is 9.47 Å². The van der Waals surface area contributed by atoms with Crippen molar-refractivity contribution in [2.75, 3.05) is 19.1 Å². The summed E-state index contributed by atoms with van der Waals surface area (Å²) >= 11 is 5.48. The van der Waals surface area contributed by atoms with Crippen LogP contribution in [0.3, 0.4) is 0 Å². The molecule has 29 heavy (non-hydrogen) atoms. The van der Waals surface area contributed by atoms with Crippen LogP contribution in [0.2, 0.25) is 0 Å². The number of esters is 1. The van der Waals surface area contributed by atoms with Gasteiger partial charge in [-0.25, -0.2) is 4.79 Å². The Kier molecular flexibility index (Phi) is 16.3. The van der Waals surface area contributed by atoms with Crippen molar-refractivity contribution in [2.45, 2.75) is 84.0 Å². The third-order valence-corrected chi connectivity index (χ3v) is 5.03. The van der Waals surface area contributed by atoms with Crippen molar-refractivity contribution in [2.24, 2.45) is 0 Å². The predicted octanol–water partition coefficient (Wildman–Crippen LogP) is 7.56. The molecule has 0 amide bonds. The van der Waals surface area contributed by atoms with Crippen molar-refractivity contribution in [3.63, 3.8) is 0 Å². The molecular weight excluding hydrogens is 384 g/mol. The van der Waals surface area contributed by atoms with Crippen molar-refractivity contribution in [1.29, 1.82) is 0 Å². The monoisotopic (exact) mass is 422 g/mol. The Morgan fingerprint density at radius 3 is 1.93 bits per heavy atom. The number of ether oxygens (including phenoxy) is 2. The van der Waals surface area contributed by atoms with Crippen LogP contribution in [0.5, 0.6) is 5.75 Å². The zero-order valence-corrected chi connectivity index (χ0v) is 18.9. The van der Waals surface area contributed by atoms with Crippen LogP contribution in [0, 0.1) is 0 Å². The van der Waals surface area contributed by atoms with Gasteiger partial charge in [-0.15, -0.1) is 11.6 Å². The van der Waals surface area contributed by atoms with Gasteiger partial charge in [-0.05, 0) is 30.2 Å². The fraction of sp³-hybridized carbons (Fsp3) is 0.640. The summed E-state index contributed by atoms with van der Waals surface area (Å²) in [5, 5.41) is 0. The van der Waals surface area contributed by atoms with Gasteiger partial charge in [0, 0.05) is 6.08 Å². The normalized spacial score (nSPS) is 11.1. The molecule has 0 aromatic heterocycles. The van der Waals surface area contributed by atoms with Gasteiger partial charge in [0.25, 0.3) is 0 Å². The molecule has 0 aliphatic rings. The van der Waals surface area contributed by atoms with Crippen molar-refractivity contribution in [3.05, 3.63) is 35.9 Å². The number of rotatable bonds is 18. The maximum atomic E-state index is 11.4. The summed E-state index contributed by atoms with van der Waals surface area (Å²) in [7, 11) is 0. The number of hydrogen-bond donors (Lipinski definition) is 0. The first-order valence-corrected chi connectivity index (χ1v) is 11.9. The van der Waals surface area contributed by atoms with Gasteiger partial charge in [-0.3, -0.25) is 0 Å². The second-order valence-corrected chi connectivity index (χ2v) is 7.87. The minimum absolute atomic E-state index is 0.233. The number of hydrogen-bond acceptors (Lipinski definition) is 3. The van der Waals surface area contributed by atoms with E-state index in [1.165, 1.54) is 76.7 Å². The molecule has 164 valence electrons. The summed E-state index contributed by atoms with van der Waals surface area (Å²) in [5.74, 6) is 0.804. The van der Waals surface area contributed by atoms with E-state index < -0.39 is 0 Å². The molecule has 0 N–H and O–H groups in total. The van der Waals surface area contributed by atoms with E-state index in [-0.39, 0.29) is 12.6 Å².